The Morgan fingerprint density at radius 1 is 1.12 bits per heavy atom. The predicted molar refractivity (Wildman–Crippen MR) is 132 cm³/mol. The molecule has 5 aromatic rings. The minimum atomic E-state index is -4.80. The normalized spacial score (nSPS) is 12.8. The van der Waals surface area contributed by atoms with Gasteiger partial charge in [-0.2, -0.15) is 31.8 Å². The molecular formula is C24H18ClF6N9O2. The molecule has 0 saturated heterocycles. The molecule has 18 heteroatoms. The molecule has 4 aromatic heterocycles. The molecule has 0 amide bonds. The van der Waals surface area contributed by atoms with Crippen LogP contribution in [0.5, 0.6) is 0 Å². The average Bonchev–Trinajstić information content (AvgIpc) is 3.69. The zero-order chi connectivity index (χ0) is 30.2. The van der Waals surface area contributed by atoms with Gasteiger partial charge in [-0.3, -0.25) is 9.25 Å². The Morgan fingerprint density at radius 2 is 1.90 bits per heavy atom. The maximum Gasteiger partial charge on any atom is 0.436 e. The van der Waals surface area contributed by atoms with Crippen LogP contribution in [-0.2, 0) is 10.9 Å². The van der Waals surface area contributed by atoms with E-state index in [0.717, 1.165) is 12.3 Å². The maximum atomic E-state index is 15.3. The molecule has 4 heterocycles. The molecule has 5 rings (SSSR count). The Balaban J connectivity index is 1.55. The van der Waals surface area contributed by atoms with Crippen molar-refractivity contribution in [2.75, 3.05) is 6.61 Å². The predicted octanol–water partition coefficient (Wildman–Crippen LogP) is 4.68. The Hall–Kier alpha value is -4.51. The fraction of sp³-hybridized carbons (Fsp3) is 0.250. The molecule has 42 heavy (non-hydrogen) atoms. The highest BCUT2D eigenvalue weighted by Crippen LogP contribution is 2.35. The number of halogens is 7. The minimum Gasteiger partial charge on any atom is -0.618 e. The molecule has 0 fully saturated rings. The number of rotatable bonds is 9. The van der Waals surface area contributed by atoms with E-state index in [2.05, 4.69) is 30.3 Å². The third-order valence-corrected chi connectivity index (χ3v) is 6.51. The first kappa shape index (κ1) is 29.0. The smallest absolute Gasteiger partial charge is 0.436 e. The summed E-state index contributed by atoms with van der Waals surface area (Å²) in [5.41, 5.74) is -1.31. The fourth-order valence-electron chi connectivity index (χ4n) is 4.27. The van der Waals surface area contributed by atoms with Crippen molar-refractivity contribution in [1.82, 2.24) is 39.5 Å². The van der Waals surface area contributed by atoms with Crippen molar-refractivity contribution in [3.63, 3.8) is 0 Å². The largest absolute Gasteiger partial charge is 0.618 e. The van der Waals surface area contributed by atoms with E-state index in [1.807, 2.05) is 0 Å². The van der Waals surface area contributed by atoms with Gasteiger partial charge in [0.15, 0.2) is 17.7 Å². The molecule has 0 saturated carbocycles. The van der Waals surface area contributed by atoms with E-state index in [4.69, 9.17) is 11.6 Å². The molecule has 0 radical (unpaired) electrons. The molecule has 220 valence electrons. The summed E-state index contributed by atoms with van der Waals surface area (Å²) in [6.07, 6.45) is 1.09. The van der Waals surface area contributed by atoms with E-state index >= 15 is 4.39 Å². The van der Waals surface area contributed by atoms with Crippen LogP contribution in [0.25, 0.3) is 22.5 Å². The highest BCUT2D eigenvalue weighted by atomic mass is 35.5. The molecule has 0 bridgehead atoms. The van der Waals surface area contributed by atoms with Gasteiger partial charge in [-0.15, -0.1) is 15.3 Å². The van der Waals surface area contributed by atoms with Gasteiger partial charge in [0.05, 0.1) is 52.7 Å². The van der Waals surface area contributed by atoms with Crippen LogP contribution in [0, 0.1) is 17.9 Å². The number of alkyl halides is 5. The van der Waals surface area contributed by atoms with Gasteiger partial charge in [-0.25, -0.2) is 9.07 Å². The van der Waals surface area contributed by atoms with Gasteiger partial charge in [0.1, 0.15) is 18.2 Å². The first-order valence-electron chi connectivity index (χ1n) is 12.0. The number of aryl methyl sites for hydroxylation is 1. The van der Waals surface area contributed by atoms with Gasteiger partial charge in [0.25, 0.3) is 0 Å². The van der Waals surface area contributed by atoms with Crippen molar-refractivity contribution in [2.24, 2.45) is 0 Å². The van der Waals surface area contributed by atoms with Crippen molar-refractivity contribution < 1.29 is 35.8 Å². The molecule has 11 nitrogen and oxygen atoms in total. The number of aromatic nitrogens is 9. The van der Waals surface area contributed by atoms with E-state index in [1.54, 1.807) is 17.7 Å². The van der Waals surface area contributed by atoms with E-state index in [0.29, 0.717) is 27.1 Å². The van der Waals surface area contributed by atoms with Gasteiger partial charge >= 0.3 is 12.8 Å². The molecule has 1 aromatic carbocycles. The van der Waals surface area contributed by atoms with Crippen molar-refractivity contribution in [1.29, 1.82) is 0 Å². The first-order chi connectivity index (χ1) is 19.9. The second-order valence-electron chi connectivity index (χ2n) is 8.83. The summed E-state index contributed by atoms with van der Waals surface area (Å²) in [6, 6.07) is 4.07. The lowest BCUT2D eigenvalue weighted by atomic mass is 10.0. The zero-order valence-electron chi connectivity index (χ0n) is 21.3. The minimum absolute atomic E-state index is 0.0239. The second kappa shape index (κ2) is 11.4. The maximum absolute atomic E-state index is 15.3. The monoisotopic (exact) mass is 613 g/mol. The van der Waals surface area contributed by atoms with Crippen LogP contribution in [0.1, 0.15) is 29.7 Å². The lowest BCUT2D eigenvalue weighted by Gasteiger charge is -2.18. The number of nitrogens with zero attached hydrogens (tertiary/aromatic N) is 9. The summed E-state index contributed by atoms with van der Waals surface area (Å²) in [4.78, 5) is 0. The number of benzene rings is 1. The molecule has 0 aliphatic rings. The van der Waals surface area contributed by atoms with Crippen LogP contribution in [0.15, 0.2) is 55.4 Å². The molecule has 1 atom stereocenters. The summed E-state index contributed by atoms with van der Waals surface area (Å²) >= 11 is 5.96. The third kappa shape index (κ3) is 5.78. The lowest BCUT2D eigenvalue weighted by molar-refractivity contribution is -0.615. The van der Waals surface area contributed by atoms with Crippen LogP contribution in [0.4, 0.5) is 26.3 Å². The number of pyridine rings is 1. The van der Waals surface area contributed by atoms with E-state index in [1.165, 1.54) is 35.4 Å². The number of ether oxygens (including phenoxy) is 1. The molecule has 0 aliphatic heterocycles. The molecule has 0 aliphatic carbocycles. The fourth-order valence-corrected chi connectivity index (χ4v) is 4.43. The van der Waals surface area contributed by atoms with Gasteiger partial charge < -0.3 is 9.94 Å². The highest BCUT2D eigenvalue weighted by molar-refractivity contribution is 6.31. The average molecular weight is 614 g/mol. The Morgan fingerprint density at radius 3 is 2.55 bits per heavy atom. The van der Waals surface area contributed by atoms with Crippen LogP contribution in [-0.4, -0.2) is 52.8 Å². The number of hydrogen-bond donors (Lipinski definition) is 0. The van der Waals surface area contributed by atoms with Crippen molar-refractivity contribution >= 4 is 11.6 Å². The van der Waals surface area contributed by atoms with Gasteiger partial charge in [-0.05, 0) is 25.1 Å². The summed E-state index contributed by atoms with van der Waals surface area (Å²) in [6.45, 7) is -1.78. The Bertz CT molecular complexity index is 1720. The summed E-state index contributed by atoms with van der Waals surface area (Å²) in [5.74, 6) is -0.474. The second-order valence-corrected chi connectivity index (χ2v) is 9.24. The van der Waals surface area contributed by atoms with Crippen LogP contribution < -0.4 is 4.73 Å². The van der Waals surface area contributed by atoms with Crippen molar-refractivity contribution in [3.8, 4) is 22.5 Å². The SMILES string of the molecule is Cc1nncn1-c1cnn([C@@H](CCOC(F)F)c2ccc(-c3c(-n4cc(C(F)(F)F)nn4)ccc(Cl)c3F)c[n+]2[O-])c1. The molecule has 0 unspecified atom stereocenters. The van der Waals surface area contributed by atoms with Crippen molar-refractivity contribution in [2.45, 2.75) is 32.2 Å². The lowest BCUT2D eigenvalue weighted by Crippen LogP contribution is -2.36. The molecule has 0 N–H and O–H groups in total. The van der Waals surface area contributed by atoms with Gasteiger partial charge in [0, 0.05) is 12.5 Å². The summed E-state index contributed by atoms with van der Waals surface area (Å²) < 4.78 is 88.5. The quantitative estimate of drug-likeness (QED) is 0.135. The molecular weight excluding hydrogens is 596 g/mol. The van der Waals surface area contributed by atoms with E-state index < -0.39 is 36.9 Å². The topological polar surface area (TPSA) is 115 Å². The Kier molecular flexibility index (Phi) is 7.87. The number of hydrogen-bond acceptors (Lipinski definition) is 7. The zero-order valence-corrected chi connectivity index (χ0v) is 22.0. The van der Waals surface area contributed by atoms with Crippen LogP contribution >= 0.6 is 11.6 Å². The Labute approximate surface area is 237 Å². The highest BCUT2D eigenvalue weighted by Gasteiger charge is 2.35. The van der Waals surface area contributed by atoms with Crippen molar-refractivity contribution in [3.05, 3.63) is 88.6 Å². The first-order valence-corrected chi connectivity index (χ1v) is 12.3. The van der Waals surface area contributed by atoms with E-state index in [-0.39, 0.29) is 34.0 Å². The van der Waals surface area contributed by atoms with E-state index in [9.17, 15) is 27.2 Å². The standard InChI is InChI=1S/C24H18ClF6N9O2/c1-13-34-32-12-37(13)15-8-33-38(10-15)17(6-7-42-23(27)28)18-4-2-14(9-40(18)41)21-19(5-3-16(25)22(21)26)39-11-20(35-36-39)24(29,30)31/h2-5,8-12,17,23H,6-7H2,1H3/t17-/m0/s1. The summed E-state index contributed by atoms with van der Waals surface area (Å²) in [5, 5.41) is 31.5. The third-order valence-electron chi connectivity index (χ3n) is 6.22. The van der Waals surface area contributed by atoms with Gasteiger partial charge in [0.2, 0.25) is 5.69 Å². The summed E-state index contributed by atoms with van der Waals surface area (Å²) in [7, 11) is 0. The van der Waals surface area contributed by atoms with Gasteiger partial charge in [-0.1, -0.05) is 16.8 Å². The van der Waals surface area contributed by atoms with Crippen LogP contribution in [0.2, 0.25) is 5.02 Å². The van der Waals surface area contributed by atoms with Crippen LogP contribution in [0.3, 0.4) is 0 Å². The molecule has 0 spiro atoms.